The van der Waals surface area contributed by atoms with Crippen LogP contribution in [0.15, 0.2) is 18.3 Å². The van der Waals surface area contributed by atoms with Gasteiger partial charge in [-0.2, -0.15) is 0 Å². The van der Waals surface area contributed by atoms with Gasteiger partial charge in [-0.15, -0.1) is 0 Å². The number of piperazine rings is 1. The van der Waals surface area contributed by atoms with Gasteiger partial charge in [-0.1, -0.05) is 6.07 Å². The van der Waals surface area contributed by atoms with Crippen LogP contribution in [0.4, 0.5) is 14.6 Å². The van der Waals surface area contributed by atoms with Crippen LogP contribution in [-0.4, -0.2) is 84.5 Å². The van der Waals surface area contributed by atoms with E-state index in [9.17, 15) is 13.6 Å². The molecule has 0 aromatic carbocycles. The van der Waals surface area contributed by atoms with Crippen molar-refractivity contribution in [2.45, 2.75) is 37.8 Å². The second-order valence-electron chi connectivity index (χ2n) is 7.88. The molecule has 1 N–H and O–H groups in total. The first-order chi connectivity index (χ1) is 12.9. The van der Waals surface area contributed by atoms with E-state index in [0.717, 1.165) is 38.5 Å². The molecule has 3 saturated heterocycles. The highest BCUT2D eigenvalue weighted by Gasteiger charge is 2.43. The van der Waals surface area contributed by atoms with Crippen molar-refractivity contribution >= 4 is 11.7 Å². The molecule has 0 radical (unpaired) electrons. The number of hydrogen-bond donors (Lipinski definition) is 1. The molecule has 4 heterocycles. The quantitative estimate of drug-likeness (QED) is 0.853. The number of anilines is 1. The van der Waals surface area contributed by atoms with E-state index in [0.29, 0.717) is 6.42 Å². The number of pyridine rings is 1. The predicted octanol–water partition coefficient (Wildman–Crippen LogP) is 1.11. The summed E-state index contributed by atoms with van der Waals surface area (Å²) in [6.45, 7) is 6.21. The summed E-state index contributed by atoms with van der Waals surface area (Å²) in [7, 11) is 0. The Labute approximate surface area is 158 Å². The van der Waals surface area contributed by atoms with Gasteiger partial charge in [-0.25, -0.2) is 13.8 Å². The van der Waals surface area contributed by atoms with Crippen LogP contribution in [0, 0.1) is 6.92 Å². The molecule has 148 valence electrons. The average Bonchev–Trinajstić information content (AvgIpc) is 3.28. The molecule has 2 atom stereocenters. The minimum absolute atomic E-state index is 0.163. The van der Waals surface area contributed by atoms with Crippen LogP contribution in [0.3, 0.4) is 0 Å². The van der Waals surface area contributed by atoms with Gasteiger partial charge in [0, 0.05) is 57.9 Å². The average molecular weight is 379 g/mol. The van der Waals surface area contributed by atoms with E-state index in [1.54, 1.807) is 0 Å². The number of halogens is 2. The van der Waals surface area contributed by atoms with E-state index < -0.39 is 12.5 Å². The van der Waals surface area contributed by atoms with Gasteiger partial charge in [-0.05, 0) is 25.0 Å². The molecule has 4 rings (SSSR count). The monoisotopic (exact) mass is 379 g/mol. The lowest BCUT2D eigenvalue weighted by molar-refractivity contribution is -0.133. The fourth-order valence-corrected chi connectivity index (χ4v) is 4.43. The van der Waals surface area contributed by atoms with Gasteiger partial charge >= 0.3 is 0 Å². The molecule has 0 saturated carbocycles. The Morgan fingerprint density at radius 1 is 1.26 bits per heavy atom. The van der Waals surface area contributed by atoms with Crippen LogP contribution in [0.25, 0.3) is 0 Å². The predicted molar refractivity (Wildman–Crippen MR) is 99.1 cm³/mol. The van der Waals surface area contributed by atoms with E-state index in [4.69, 9.17) is 0 Å². The van der Waals surface area contributed by atoms with E-state index in [1.165, 1.54) is 10.5 Å². The third kappa shape index (κ3) is 3.91. The molecule has 8 heteroatoms. The first kappa shape index (κ1) is 18.6. The Kier molecular flexibility index (Phi) is 5.03. The minimum atomic E-state index is -2.73. The maximum absolute atomic E-state index is 13.4. The SMILES string of the molecule is Cc1cccnc1N1CCN([C@@H]2CN[C@H](C(=O)N3CCC(F)(F)C3)C2)CC1. The number of aromatic nitrogens is 1. The molecule has 0 unspecified atom stereocenters. The zero-order valence-corrected chi connectivity index (χ0v) is 15.7. The summed E-state index contributed by atoms with van der Waals surface area (Å²) in [4.78, 5) is 23.1. The van der Waals surface area contributed by atoms with E-state index in [2.05, 4.69) is 33.1 Å². The first-order valence-electron chi connectivity index (χ1n) is 9.73. The van der Waals surface area contributed by atoms with Crippen LogP contribution >= 0.6 is 0 Å². The number of aryl methyl sites for hydroxylation is 1. The number of likely N-dealkylation sites (tertiary alicyclic amines) is 1. The fourth-order valence-electron chi connectivity index (χ4n) is 4.43. The number of nitrogens with zero attached hydrogens (tertiary/aromatic N) is 4. The van der Waals surface area contributed by atoms with Crippen molar-refractivity contribution in [1.29, 1.82) is 0 Å². The Morgan fingerprint density at radius 3 is 2.70 bits per heavy atom. The molecule has 1 aromatic rings. The number of rotatable bonds is 3. The molecule has 3 fully saturated rings. The van der Waals surface area contributed by atoms with Crippen molar-refractivity contribution in [1.82, 2.24) is 20.1 Å². The molecular weight excluding hydrogens is 352 g/mol. The highest BCUT2D eigenvalue weighted by molar-refractivity contribution is 5.82. The standard InChI is InChI=1S/C19H27F2N5O/c1-14-3-2-5-22-17(14)25-9-7-24(8-10-25)15-11-16(23-12-15)18(27)26-6-4-19(20,21)13-26/h2-3,5,15-16,23H,4,6-13H2,1H3/t15-,16-/m0/s1. The van der Waals surface area contributed by atoms with Crippen molar-refractivity contribution in [2.24, 2.45) is 0 Å². The topological polar surface area (TPSA) is 51.7 Å². The van der Waals surface area contributed by atoms with Crippen molar-refractivity contribution in [3.05, 3.63) is 23.9 Å². The summed E-state index contributed by atoms with van der Waals surface area (Å²) in [6, 6.07) is 3.98. The zero-order valence-electron chi connectivity index (χ0n) is 15.7. The van der Waals surface area contributed by atoms with Gasteiger partial charge in [0.15, 0.2) is 0 Å². The second kappa shape index (κ2) is 7.31. The molecule has 1 amide bonds. The lowest BCUT2D eigenvalue weighted by Gasteiger charge is -2.38. The van der Waals surface area contributed by atoms with Crippen molar-refractivity contribution in [3.63, 3.8) is 0 Å². The number of nitrogens with one attached hydrogen (secondary N) is 1. The largest absolute Gasteiger partial charge is 0.354 e. The highest BCUT2D eigenvalue weighted by atomic mass is 19.3. The maximum Gasteiger partial charge on any atom is 0.267 e. The van der Waals surface area contributed by atoms with Gasteiger partial charge in [0.2, 0.25) is 5.91 Å². The summed E-state index contributed by atoms with van der Waals surface area (Å²) < 4.78 is 26.8. The van der Waals surface area contributed by atoms with Gasteiger partial charge < -0.3 is 15.1 Å². The van der Waals surface area contributed by atoms with Gasteiger partial charge in [0.05, 0.1) is 12.6 Å². The molecule has 3 aliphatic heterocycles. The van der Waals surface area contributed by atoms with Crippen LogP contribution in [-0.2, 0) is 4.79 Å². The van der Waals surface area contributed by atoms with Crippen LogP contribution < -0.4 is 10.2 Å². The van der Waals surface area contributed by atoms with Crippen molar-refractivity contribution < 1.29 is 13.6 Å². The van der Waals surface area contributed by atoms with E-state index in [-0.39, 0.29) is 31.0 Å². The van der Waals surface area contributed by atoms with Crippen LogP contribution in [0.5, 0.6) is 0 Å². The summed E-state index contributed by atoms with van der Waals surface area (Å²) in [6.07, 6.45) is 2.31. The highest BCUT2D eigenvalue weighted by Crippen LogP contribution is 2.28. The normalized spacial score (nSPS) is 28.7. The Hall–Kier alpha value is -1.80. The Balaban J connectivity index is 1.29. The molecule has 0 spiro atoms. The number of amides is 1. The van der Waals surface area contributed by atoms with Gasteiger partial charge in [0.25, 0.3) is 5.92 Å². The van der Waals surface area contributed by atoms with Crippen molar-refractivity contribution in [2.75, 3.05) is 50.7 Å². The summed E-state index contributed by atoms with van der Waals surface area (Å²) in [5.41, 5.74) is 1.18. The number of hydrogen-bond acceptors (Lipinski definition) is 5. The minimum Gasteiger partial charge on any atom is -0.354 e. The lowest BCUT2D eigenvalue weighted by atomic mass is 10.1. The second-order valence-corrected chi connectivity index (χ2v) is 7.88. The fraction of sp³-hybridized carbons (Fsp3) is 0.684. The van der Waals surface area contributed by atoms with Crippen LogP contribution in [0.2, 0.25) is 0 Å². The first-order valence-corrected chi connectivity index (χ1v) is 9.73. The molecule has 3 aliphatic rings. The third-order valence-corrected chi connectivity index (χ3v) is 6.00. The maximum atomic E-state index is 13.4. The molecule has 1 aromatic heterocycles. The zero-order chi connectivity index (χ0) is 19.0. The number of carbonyl (C=O) groups is 1. The summed E-state index contributed by atoms with van der Waals surface area (Å²) in [5.74, 6) is -1.85. The van der Waals surface area contributed by atoms with Gasteiger partial charge in [0.1, 0.15) is 5.82 Å². The molecule has 0 aliphatic carbocycles. The summed E-state index contributed by atoms with van der Waals surface area (Å²) >= 11 is 0. The molecule has 0 bridgehead atoms. The van der Waals surface area contributed by atoms with Crippen LogP contribution in [0.1, 0.15) is 18.4 Å². The molecule has 27 heavy (non-hydrogen) atoms. The Morgan fingerprint density at radius 2 is 2.04 bits per heavy atom. The molecule has 6 nitrogen and oxygen atoms in total. The van der Waals surface area contributed by atoms with E-state index >= 15 is 0 Å². The Bertz CT molecular complexity index is 692. The number of alkyl halides is 2. The summed E-state index contributed by atoms with van der Waals surface area (Å²) in [5, 5.41) is 3.26. The van der Waals surface area contributed by atoms with Gasteiger partial charge in [-0.3, -0.25) is 9.69 Å². The number of carbonyl (C=O) groups excluding carboxylic acids is 1. The van der Waals surface area contributed by atoms with Crippen molar-refractivity contribution in [3.8, 4) is 0 Å². The van der Waals surface area contributed by atoms with E-state index in [1.807, 2.05) is 12.3 Å². The molecular formula is C19H27F2N5O. The lowest BCUT2D eigenvalue weighted by Crippen LogP contribution is -2.51. The third-order valence-electron chi connectivity index (χ3n) is 6.00. The smallest absolute Gasteiger partial charge is 0.267 e.